The van der Waals surface area contributed by atoms with Crippen molar-refractivity contribution in [3.8, 4) is 0 Å². The molecular formula is C13H15FN4O2. The molecule has 0 fully saturated rings. The van der Waals surface area contributed by atoms with Crippen LogP contribution in [0.1, 0.15) is 22.5 Å². The van der Waals surface area contributed by atoms with E-state index < -0.39 is 16.4 Å². The molecule has 0 aliphatic rings. The molecule has 0 aliphatic heterocycles. The summed E-state index contributed by atoms with van der Waals surface area (Å²) in [5, 5.41) is 14.9. The van der Waals surface area contributed by atoms with E-state index in [9.17, 15) is 14.5 Å². The minimum Gasteiger partial charge on any atom is -0.326 e. The number of hydrogen-bond acceptors (Lipinski definition) is 4. The van der Waals surface area contributed by atoms with Crippen LogP contribution >= 0.6 is 0 Å². The topological polar surface area (TPSA) is 87.0 Å². The highest BCUT2D eigenvalue weighted by Crippen LogP contribution is 2.20. The number of benzene rings is 1. The van der Waals surface area contributed by atoms with Gasteiger partial charge >= 0.3 is 5.69 Å². The molecule has 1 aromatic heterocycles. The fourth-order valence-corrected chi connectivity index (χ4v) is 2.15. The average Bonchev–Trinajstić information content (AvgIpc) is 2.63. The van der Waals surface area contributed by atoms with Gasteiger partial charge in [0.2, 0.25) is 5.82 Å². The van der Waals surface area contributed by atoms with Crippen molar-refractivity contribution in [2.24, 2.45) is 5.73 Å². The van der Waals surface area contributed by atoms with Gasteiger partial charge in [-0.1, -0.05) is 6.07 Å². The Kier molecular flexibility index (Phi) is 3.80. The van der Waals surface area contributed by atoms with Gasteiger partial charge in [0.1, 0.15) is 0 Å². The van der Waals surface area contributed by atoms with Crippen molar-refractivity contribution < 1.29 is 9.31 Å². The number of hydrogen-bond donors (Lipinski definition) is 1. The number of nitrogens with two attached hydrogens (primary N) is 1. The molecule has 0 unspecified atom stereocenters. The zero-order valence-corrected chi connectivity index (χ0v) is 11.3. The molecule has 1 heterocycles. The van der Waals surface area contributed by atoms with E-state index >= 15 is 0 Å². The fourth-order valence-electron chi connectivity index (χ4n) is 2.15. The van der Waals surface area contributed by atoms with E-state index in [0.717, 1.165) is 23.0 Å². The van der Waals surface area contributed by atoms with Gasteiger partial charge in [-0.25, -0.2) is 0 Å². The van der Waals surface area contributed by atoms with Crippen LogP contribution in [0.4, 0.5) is 10.1 Å². The third kappa shape index (κ3) is 2.53. The first-order chi connectivity index (χ1) is 9.43. The van der Waals surface area contributed by atoms with Gasteiger partial charge in [-0.3, -0.25) is 14.8 Å². The second kappa shape index (κ2) is 5.38. The Balaban J connectivity index is 2.31. The van der Waals surface area contributed by atoms with Gasteiger partial charge < -0.3 is 5.73 Å². The molecule has 7 heteroatoms. The number of nitro benzene ring substituents is 1. The molecule has 6 nitrogen and oxygen atoms in total. The summed E-state index contributed by atoms with van der Waals surface area (Å²) in [5.74, 6) is -0.840. The molecule has 0 bridgehead atoms. The molecule has 2 rings (SSSR count). The average molecular weight is 278 g/mol. The van der Waals surface area contributed by atoms with Gasteiger partial charge in [0.25, 0.3) is 0 Å². The molecule has 0 aliphatic carbocycles. The van der Waals surface area contributed by atoms with Gasteiger partial charge in [0, 0.05) is 23.9 Å². The minimum absolute atomic E-state index is 0.349. The third-order valence-corrected chi connectivity index (χ3v) is 3.28. The van der Waals surface area contributed by atoms with Crippen LogP contribution in [0, 0.1) is 29.8 Å². The summed E-state index contributed by atoms with van der Waals surface area (Å²) in [6.45, 7) is 4.50. The lowest BCUT2D eigenvalue weighted by molar-refractivity contribution is -0.387. The quantitative estimate of drug-likeness (QED) is 0.685. The minimum atomic E-state index is -0.840. The van der Waals surface area contributed by atoms with Crippen LogP contribution in [0.5, 0.6) is 0 Å². The van der Waals surface area contributed by atoms with Gasteiger partial charge in [0.15, 0.2) is 0 Å². The van der Waals surface area contributed by atoms with E-state index in [4.69, 9.17) is 5.73 Å². The Bertz CT molecular complexity index is 667. The van der Waals surface area contributed by atoms with Crippen LogP contribution in [0.3, 0.4) is 0 Å². The Morgan fingerprint density at radius 3 is 2.65 bits per heavy atom. The third-order valence-electron chi connectivity index (χ3n) is 3.28. The van der Waals surface area contributed by atoms with Crippen molar-refractivity contribution in [2.75, 3.05) is 0 Å². The maximum atomic E-state index is 13.6. The van der Waals surface area contributed by atoms with E-state index in [1.807, 2.05) is 13.8 Å². The predicted molar refractivity (Wildman–Crippen MR) is 71.7 cm³/mol. The standard InChI is InChI=1S/C13H15FN4O2/c1-8-11(6-15)9(2)17(16-8)7-10-3-4-13(18(19)20)12(14)5-10/h3-5H,6-7,15H2,1-2H3. The van der Waals surface area contributed by atoms with E-state index in [1.165, 1.54) is 12.1 Å². The summed E-state index contributed by atoms with van der Waals surface area (Å²) in [5.41, 5.74) is 8.46. The lowest BCUT2D eigenvalue weighted by atomic mass is 10.2. The van der Waals surface area contributed by atoms with Crippen LogP contribution in [0.25, 0.3) is 0 Å². The molecule has 20 heavy (non-hydrogen) atoms. The van der Waals surface area contributed by atoms with Crippen LogP contribution in [-0.4, -0.2) is 14.7 Å². The van der Waals surface area contributed by atoms with Gasteiger partial charge in [-0.15, -0.1) is 0 Å². The zero-order chi connectivity index (χ0) is 14.9. The molecule has 1 aromatic carbocycles. The summed E-state index contributed by atoms with van der Waals surface area (Å²) >= 11 is 0. The molecule has 106 valence electrons. The van der Waals surface area contributed by atoms with E-state index in [1.54, 1.807) is 4.68 Å². The lowest BCUT2D eigenvalue weighted by Gasteiger charge is -2.05. The van der Waals surface area contributed by atoms with E-state index in [0.29, 0.717) is 18.7 Å². The SMILES string of the molecule is Cc1nn(Cc2ccc([N+](=O)[O-])c(F)c2)c(C)c1CN. The summed E-state index contributed by atoms with van der Waals surface area (Å²) in [6.07, 6.45) is 0. The van der Waals surface area contributed by atoms with Crippen molar-refractivity contribution in [3.05, 3.63) is 56.6 Å². The monoisotopic (exact) mass is 278 g/mol. The highest BCUT2D eigenvalue weighted by atomic mass is 19.1. The molecule has 0 radical (unpaired) electrons. The Morgan fingerprint density at radius 1 is 1.45 bits per heavy atom. The highest BCUT2D eigenvalue weighted by molar-refractivity contribution is 5.35. The summed E-state index contributed by atoms with van der Waals surface area (Å²) in [6, 6.07) is 3.86. The molecule has 0 spiro atoms. The number of nitrogens with zero attached hydrogens (tertiary/aromatic N) is 3. The number of aryl methyl sites for hydroxylation is 1. The second-order valence-electron chi connectivity index (χ2n) is 4.55. The molecule has 2 N–H and O–H groups in total. The maximum Gasteiger partial charge on any atom is 0.304 e. The van der Waals surface area contributed by atoms with Crippen molar-refractivity contribution in [3.63, 3.8) is 0 Å². The summed E-state index contributed by atoms with van der Waals surface area (Å²) in [7, 11) is 0. The molecule has 0 saturated heterocycles. The first-order valence-electron chi connectivity index (χ1n) is 6.09. The first-order valence-corrected chi connectivity index (χ1v) is 6.09. The van der Waals surface area contributed by atoms with Crippen LogP contribution in [0.15, 0.2) is 18.2 Å². The first kappa shape index (κ1) is 14.1. The molecule has 0 amide bonds. The van der Waals surface area contributed by atoms with E-state index in [-0.39, 0.29) is 0 Å². The van der Waals surface area contributed by atoms with E-state index in [2.05, 4.69) is 5.10 Å². The van der Waals surface area contributed by atoms with Crippen molar-refractivity contribution in [1.82, 2.24) is 9.78 Å². The van der Waals surface area contributed by atoms with Crippen molar-refractivity contribution in [1.29, 1.82) is 0 Å². The maximum absolute atomic E-state index is 13.6. The van der Waals surface area contributed by atoms with Gasteiger partial charge in [0.05, 0.1) is 17.2 Å². The van der Waals surface area contributed by atoms with Crippen LogP contribution < -0.4 is 5.73 Å². The van der Waals surface area contributed by atoms with Gasteiger partial charge in [-0.2, -0.15) is 9.49 Å². The number of rotatable bonds is 4. The van der Waals surface area contributed by atoms with Gasteiger partial charge in [-0.05, 0) is 25.5 Å². The highest BCUT2D eigenvalue weighted by Gasteiger charge is 2.15. The van der Waals surface area contributed by atoms with Crippen molar-refractivity contribution in [2.45, 2.75) is 26.9 Å². The van der Waals surface area contributed by atoms with Crippen LogP contribution in [0.2, 0.25) is 0 Å². The predicted octanol–water partition coefficient (Wildman–Crippen LogP) is 2.05. The smallest absolute Gasteiger partial charge is 0.304 e. The number of halogens is 1. The number of nitro groups is 1. The Labute approximate surface area is 115 Å². The molecular weight excluding hydrogens is 263 g/mol. The Morgan fingerprint density at radius 2 is 2.15 bits per heavy atom. The van der Waals surface area contributed by atoms with Crippen molar-refractivity contribution >= 4 is 5.69 Å². The zero-order valence-electron chi connectivity index (χ0n) is 11.3. The lowest BCUT2D eigenvalue weighted by Crippen LogP contribution is -2.06. The summed E-state index contributed by atoms with van der Waals surface area (Å²) in [4.78, 5) is 9.83. The molecule has 0 atom stereocenters. The molecule has 0 saturated carbocycles. The largest absolute Gasteiger partial charge is 0.326 e. The summed E-state index contributed by atoms with van der Waals surface area (Å²) < 4.78 is 15.3. The second-order valence-corrected chi connectivity index (χ2v) is 4.55. The number of aromatic nitrogens is 2. The fraction of sp³-hybridized carbons (Fsp3) is 0.308. The van der Waals surface area contributed by atoms with Crippen LogP contribution in [-0.2, 0) is 13.1 Å². The normalized spacial score (nSPS) is 10.8. The Hall–Kier alpha value is -2.28. The molecule has 2 aromatic rings.